The van der Waals surface area contributed by atoms with Gasteiger partial charge in [-0.1, -0.05) is 12.1 Å². The van der Waals surface area contributed by atoms with Crippen molar-refractivity contribution in [1.29, 1.82) is 0 Å². The van der Waals surface area contributed by atoms with Gasteiger partial charge in [0, 0.05) is 12.6 Å². The van der Waals surface area contributed by atoms with Crippen molar-refractivity contribution in [3.63, 3.8) is 0 Å². The molecule has 0 radical (unpaired) electrons. The zero-order chi connectivity index (χ0) is 12.5. The third kappa shape index (κ3) is 2.97. The molecule has 1 saturated heterocycles. The molecule has 17 heavy (non-hydrogen) atoms. The molecule has 2 atom stereocenters. The average molecular weight is 247 g/mol. The summed E-state index contributed by atoms with van der Waals surface area (Å²) in [5.41, 5.74) is 0.714. The van der Waals surface area contributed by atoms with Crippen molar-refractivity contribution >= 4 is 0 Å². The molecular weight excluding hydrogens is 234 g/mol. The lowest BCUT2D eigenvalue weighted by Crippen LogP contribution is -2.40. The number of hydrogen-bond acceptors (Lipinski definition) is 1. The van der Waals surface area contributed by atoms with Gasteiger partial charge in [-0.2, -0.15) is 13.2 Å². The smallest absolute Gasteiger partial charge is 0.309 e. The van der Waals surface area contributed by atoms with Crippen molar-refractivity contribution in [2.24, 2.45) is 5.92 Å². The van der Waals surface area contributed by atoms with Gasteiger partial charge < -0.3 is 5.32 Å². The van der Waals surface area contributed by atoms with E-state index in [1.54, 1.807) is 12.1 Å². The molecule has 0 saturated carbocycles. The highest BCUT2D eigenvalue weighted by molar-refractivity contribution is 5.20. The van der Waals surface area contributed by atoms with E-state index in [1.165, 1.54) is 12.1 Å². The Morgan fingerprint density at radius 2 is 1.94 bits per heavy atom. The molecule has 5 heteroatoms. The molecule has 0 spiro atoms. The van der Waals surface area contributed by atoms with Gasteiger partial charge in [0.1, 0.15) is 5.82 Å². The molecular formula is C12H13F4N. The van der Waals surface area contributed by atoms with Crippen LogP contribution in [-0.2, 0) is 0 Å². The van der Waals surface area contributed by atoms with Crippen LogP contribution >= 0.6 is 0 Å². The van der Waals surface area contributed by atoms with E-state index in [4.69, 9.17) is 0 Å². The Kier molecular flexibility index (Phi) is 3.38. The largest absolute Gasteiger partial charge is 0.393 e. The molecule has 0 aliphatic carbocycles. The molecule has 1 heterocycles. The van der Waals surface area contributed by atoms with Crippen LogP contribution in [0.2, 0.25) is 0 Å². The standard InChI is InChI=1S/C12H13F4N/c13-10-3-1-2-8(6-10)11-5-4-9(7-17-11)12(14,15)16/h1-3,6,9,11,17H,4-5,7H2. The van der Waals surface area contributed by atoms with Crippen molar-refractivity contribution in [3.8, 4) is 0 Å². The Morgan fingerprint density at radius 1 is 1.18 bits per heavy atom. The molecule has 2 unspecified atom stereocenters. The van der Waals surface area contributed by atoms with E-state index in [0.29, 0.717) is 12.0 Å². The fraction of sp³-hybridized carbons (Fsp3) is 0.500. The lowest BCUT2D eigenvalue weighted by molar-refractivity contribution is -0.179. The third-order valence-electron chi connectivity index (χ3n) is 3.13. The minimum absolute atomic E-state index is 0.0926. The number of piperidine rings is 1. The summed E-state index contributed by atoms with van der Waals surface area (Å²) in [6.07, 6.45) is -3.66. The van der Waals surface area contributed by atoms with Gasteiger partial charge in [0.25, 0.3) is 0 Å². The van der Waals surface area contributed by atoms with Crippen LogP contribution in [0.5, 0.6) is 0 Å². The summed E-state index contributed by atoms with van der Waals surface area (Å²) in [5, 5.41) is 2.83. The Hall–Kier alpha value is -1.10. The highest BCUT2D eigenvalue weighted by atomic mass is 19.4. The maximum absolute atomic E-state index is 13.0. The van der Waals surface area contributed by atoms with Gasteiger partial charge in [0.2, 0.25) is 0 Å². The minimum atomic E-state index is -4.14. The summed E-state index contributed by atoms with van der Waals surface area (Å²) in [7, 11) is 0. The van der Waals surface area contributed by atoms with E-state index in [-0.39, 0.29) is 24.8 Å². The first kappa shape index (κ1) is 12.4. The van der Waals surface area contributed by atoms with Crippen LogP contribution in [0.1, 0.15) is 24.4 Å². The van der Waals surface area contributed by atoms with Crippen LogP contribution < -0.4 is 5.32 Å². The summed E-state index contributed by atoms with van der Waals surface area (Å²) in [4.78, 5) is 0. The Morgan fingerprint density at radius 3 is 2.47 bits per heavy atom. The highest BCUT2D eigenvalue weighted by Crippen LogP contribution is 2.35. The second kappa shape index (κ2) is 4.64. The van der Waals surface area contributed by atoms with Crippen LogP contribution in [0.4, 0.5) is 17.6 Å². The number of hydrogen-bond donors (Lipinski definition) is 1. The molecule has 1 aromatic rings. The zero-order valence-corrected chi connectivity index (χ0v) is 9.10. The number of nitrogens with one attached hydrogen (secondary N) is 1. The van der Waals surface area contributed by atoms with Crippen molar-refractivity contribution in [3.05, 3.63) is 35.6 Å². The molecule has 1 N–H and O–H groups in total. The highest BCUT2D eigenvalue weighted by Gasteiger charge is 2.41. The Balaban J connectivity index is 2.00. The van der Waals surface area contributed by atoms with Crippen LogP contribution in [-0.4, -0.2) is 12.7 Å². The average Bonchev–Trinajstić information content (AvgIpc) is 2.28. The number of halogens is 4. The van der Waals surface area contributed by atoms with E-state index >= 15 is 0 Å². The van der Waals surface area contributed by atoms with Crippen LogP contribution in [0.15, 0.2) is 24.3 Å². The first-order valence-electron chi connectivity index (χ1n) is 5.52. The molecule has 0 aromatic heterocycles. The van der Waals surface area contributed by atoms with Gasteiger partial charge in [0.15, 0.2) is 0 Å². The molecule has 2 rings (SSSR count). The van der Waals surface area contributed by atoms with Gasteiger partial charge in [0.05, 0.1) is 5.92 Å². The molecule has 1 aliphatic heterocycles. The summed E-state index contributed by atoms with van der Waals surface area (Å²) >= 11 is 0. The molecule has 1 aliphatic rings. The maximum Gasteiger partial charge on any atom is 0.393 e. The quantitative estimate of drug-likeness (QED) is 0.750. The van der Waals surface area contributed by atoms with E-state index in [2.05, 4.69) is 5.32 Å². The zero-order valence-electron chi connectivity index (χ0n) is 9.10. The fourth-order valence-corrected chi connectivity index (χ4v) is 2.14. The summed E-state index contributed by atoms with van der Waals surface area (Å²) in [6.45, 7) is -0.0926. The second-order valence-electron chi connectivity index (χ2n) is 4.33. The lowest BCUT2D eigenvalue weighted by Gasteiger charge is -2.31. The van der Waals surface area contributed by atoms with Crippen molar-refractivity contribution in [1.82, 2.24) is 5.32 Å². The van der Waals surface area contributed by atoms with Crippen LogP contribution in [0.3, 0.4) is 0 Å². The summed E-state index contributed by atoms with van der Waals surface area (Å²) in [6, 6.07) is 5.82. The predicted octanol–water partition coefficient (Wildman–Crippen LogP) is 3.43. The minimum Gasteiger partial charge on any atom is -0.309 e. The summed E-state index contributed by atoms with van der Waals surface area (Å²) < 4.78 is 50.3. The molecule has 1 nitrogen and oxygen atoms in total. The second-order valence-corrected chi connectivity index (χ2v) is 4.33. The van der Waals surface area contributed by atoms with Gasteiger partial charge in [-0.15, -0.1) is 0 Å². The fourth-order valence-electron chi connectivity index (χ4n) is 2.14. The number of benzene rings is 1. The van der Waals surface area contributed by atoms with Crippen LogP contribution in [0, 0.1) is 11.7 Å². The molecule has 0 amide bonds. The Bertz CT molecular complexity index is 380. The SMILES string of the molecule is Fc1cccc(C2CCC(C(F)(F)F)CN2)c1. The van der Waals surface area contributed by atoms with Gasteiger partial charge in [-0.3, -0.25) is 0 Å². The monoisotopic (exact) mass is 247 g/mol. The summed E-state index contributed by atoms with van der Waals surface area (Å²) in [5.74, 6) is -1.64. The lowest BCUT2D eigenvalue weighted by atomic mass is 9.90. The molecule has 94 valence electrons. The van der Waals surface area contributed by atoms with Gasteiger partial charge in [-0.25, -0.2) is 4.39 Å². The molecule has 0 bridgehead atoms. The van der Waals surface area contributed by atoms with Crippen molar-refractivity contribution < 1.29 is 17.6 Å². The topological polar surface area (TPSA) is 12.0 Å². The predicted molar refractivity (Wildman–Crippen MR) is 55.9 cm³/mol. The van der Waals surface area contributed by atoms with Gasteiger partial charge in [-0.05, 0) is 30.5 Å². The molecule has 1 fully saturated rings. The third-order valence-corrected chi connectivity index (χ3v) is 3.13. The number of alkyl halides is 3. The van der Waals surface area contributed by atoms with E-state index in [9.17, 15) is 17.6 Å². The van der Waals surface area contributed by atoms with Crippen LogP contribution in [0.25, 0.3) is 0 Å². The first-order valence-corrected chi connectivity index (χ1v) is 5.52. The molecule has 1 aromatic carbocycles. The number of rotatable bonds is 1. The van der Waals surface area contributed by atoms with E-state index < -0.39 is 12.1 Å². The van der Waals surface area contributed by atoms with Crippen molar-refractivity contribution in [2.45, 2.75) is 25.1 Å². The van der Waals surface area contributed by atoms with E-state index in [1.807, 2.05) is 0 Å². The first-order chi connectivity index (χ1) is 7.97. The maximum atomic E-state index is 13.0. The van der Waals surface area contributed by atoms with E-state index in [0.717, 1.165) is 0 Å². The van der Waals surface area contributed by atoms with Crippen molar-refractivity contribution in [2.75, 3.05) is 6.54 Å². The van der Waals surface area contributed by atoms with Gasteiger partial charge >= 0.3 is 6.18 Å². The normalized spacial score (nSPS) is 25.9. The Labute approximate surface area is 96.8 Å².